The summed E-state index contributed by atoms with van der Waals surface area (Å²) in [6.45, 7) is 7.41. The number of hydrogen-bond donors (Lipinski definition) is 3. The first kappa shape index (κ1) is 103. The molecule has 105 heavy (non-hydrogen) atoms. The van der Waals surface area contributed by atoms with E-state index in [0.29, 0.717) is 25.7 Å². The van der Waals surface area contributed by atoms with E-state index in [2.05, 4.69) is 34.6 Å². The Morgan fingerprint density at radius 3 is 0.648 bits per heavy atom. The lowest BCUT2D eigenvalue weighted by atomic mass is 10.0. The van der Waals surface area contributed by atoms with Gasteiger partial charge in [0.1, 0.15) is 19.3 Å². The van der Waals surface area contributed by atoms with Gasteiger partial charge in [-0.25, -0.2) is 9.13 Å². The van der Waals surface area contributed by atoms with Crippen LogP contribution >= 0.6 is 15.6 Å². The quantitative estimate of drug-likeness (QED) is 0.0222. The van der Waals surface area contributed by atoms with Crippen molar-refractivity contribution >= 4 is 39.5 Å². The van der Waals surface area contributed by atoms with Crippen molar-refractivity contribution in [3.8, 4) is 0 Å². The normalized spacial score (nSPS) is 13.8. The van der Waals surface area contributed by atoms with Crippen LogP contribution in [0.25, 0.3) is 0 Å². The topological polar surface area (TPSA) is 237 Å². The SMILES string of the molecule is CCCCCCCCCCCCCCCCCCCCC(=O)OC[C@H](COP(=O)(O)OC[C@@H](O)COP(=O)(O)OC[C@@H](COC(=O)CCCCCCCCCCCCCC)OC(=O)CCCCCCCCCCCCCCCC)OC(=O)CCCCCCCCCCCCCCCCCCCCC(C)C. The van der Waals surface area contributed by atoms with Gasteiger partial charge in [0, 0.05) is 25.7 Å². The predicted molar refractivity (Wildman–Crippen MR) is 432 cm³/mol. The summed E-state index contributed by atoms with van der Waals surface area (Å²) in [4.78, 5) is 73.2. The van der Waals surface area contributed by atoms with E-state index in [1.807, 2.05) is 0 Å². The maximum absolute atomic E-state index is 13.1. The standard InChI is InChI=1S/C86H168O17P2/c1-6-9-12-15-18-21-24-27-29-30-34-37-41-45-50-55-60-65-70-84(89)97-76-82(103-86(91)72-67-62-57-52-47-42-38-35-32-31-33-36-39-43-48-53-58-63-68-79(4)5)78-101-105(94,95)99-74-80(87)73-98-104(92,93)100-77-81(75-96-83(88)69-64-59-54-49-44-26-23-20-17-14-11-8-3)102-85(90)71-66-61-56-51-46-40-28-25-22-19-16-13-10-7-2/h79-82,87H,6-78H2,1-5H3,(H,92,93)(H,94,95)/t80-,81+,82+/m0/s1. The lowest BCUT2D eigenvalue weighted by molar-refractivity contribution is -0.161. The van der Waals surface area contributed by atoms with E-state index in [-0.39, 0.29) is 25.7 Å². The minimum Gasteiger partial charge on any atom is -0.462 e. The number of carbonyl (C=O) groups is 4. The van der Waals surface area contributed by atoms with Gasteiger partial charge in [0.15, 0.2) is 12.2 Å². The number of carbonyl (C=O) groups excluding carboxylic acids is 4. The summed E-state index contributed by atoms with van der Waals surface area (Å²) in [5.74, 6) is -1.28. The van der Waals surface area contributed by atoms with E-state index in [1.54, 1.807) is 0 Å². The van der Waals surface area contributed by atoms with Crippen molar-refractivity contribution in [2.45, 2.75) is 483 Å². The third-order valence-corrected chi connectivity index (χ3v) is 22.2. The van der Waals surface area contributed by atoms with E-state index in [4.69, 9.17) is 37.0 Å². The van der Waals surface area contributed by atoms with Crippen LogP contribution in [0.2, 0.25) is 0 Å². The van der Waals surface area contributed by atoms with Gasteiger partial charge in [-0.3, -0.25) is 37.3 Å². The highest BCUT2D eigenvalue weighted by Gasteiger charge is 2.30. The van der Waals surface area contributed by atoms with Gasteiger partial charge in [-0.1, -0.05) is 413 Å². The van der Waals surface area contributed by atoms with Crippen LogP contribution < -0.4 is 0 Å². The Labute approximate surface area is 645 Å². The van der Waals surface area contributed by atoms with E-state index < -0.39 is 97.5 Å². The highest BCUT2D eigenvalue weighted by molar-refractivity contribution is 7.47. The van der Waals surface area contributed by atoms with Crippen LogP contribution in [0.15, 0.2) is 0 Å². The second-order valence-corrected chi connectivity index (χ2v) is 34.3. The van der Waals surface area contributed by atoms with Crippen LogP contribution in [0, 0.1) is 5.92 Å². The van der Waals surface area contributed by atoms with Crippen molar-refractivity contribution in [2.75, 3.05) is 39.6 Å². The molecule has 0 rings (SSSR count). The van der Waals surface area contributed by atoms with Crippen molar-refractivity contribution in [1.82, 2.24) is 0 Å². The molecule has 0 aromatic rings. The molecular formula is C86H168O17P2. The van der Waals surface area contributed by atoms with Crippen molar-refractivity contribution in [3.05, 3.63) is 0 Å². The zero-order valence-electron chi connectivity index (χ0n) is 68.9. The van der Waals surface area contributed by atoms with Crippen molar-refractivity contribution in [2.24, 2.45) is 5.92 Å². The van der Waals surface area contributed by atoms with Gasteiger partial charge in [0.2, 0.25) is 0 Å². The average Bonchev–Trinajstić information content (AvgIpc) is 0.908. The second kappa shape index (κ2) is 78.7. The fourth-order valence-corrected chi connectivity index (χ4v) is 15.1. The summed E-state index contributed by atoms with van der Waals surface area (Å²) in [7, 11) is -9.93. The summed E-state index contributed by atoms with van der Waals surface area (Å²) >= 11 is 0. The number of ether oxygens (including phenoxy) is 4. The Bertz CT molecular complexity index is 2000. The highest BCUT2D eigenvalue weighted by Crippen LogP contribution is 2.45. The Morgan fingerprint density at radius 1 is 0.257 bits per heavy atom. The molecule has 624 valence electrons. The highest BCUT2D eigenvalue weighted by atomic mass is 31.2. The minimum atomic E-state index is -4.97. The van der Waals surface area contributed by atoms with Crippen molar-refractivity contribution < 1.29 is 80.2 Å². The monoisotopic (exact) mass is 1540 g/mol. The molecule has 0 saturated heterocycles. The number of phosphoric ester groups is 2. The van der Waals surface area contributed by atoms with Crippen LogP contribution in [0.3, 0.4) is 0 Å². The molecule has 0 spiro atoms. The van der Waals surface area contributed by atoms with Gasteiger partial charge in [0.05, 0.1) is 26.4 Å². The van der Waals surface area contributed by atoms with Gasteiger partial charge in [-0.15, -0.1) is 0 Å². The molecular weight excluding hydrogens is 1370 g/mol. The summed E-state index contributed by atoms with van der Waals surface area (Å²) in [6, 6.07) is 0. The van der Waals surface area contributed by atoms with Crippen molar-refractivity contribution in [3.63, 3.8) is 0 Å². The molecule has 2 unspecified atom stereocenters. The van der Waals surface area contributed by atoms with Gasteiger partial charge in [-0.05, 0) is 31.6 Å². The second-order valence-electron chi connectivity index (χ2n) is 31.4. The lowest BCUT2D eigenvalue weighted by Gasteiger charge is -2.21. The Kier molecular flexibility index (Phi) is 77.3. The van der Waals surface area contributed by atoms with Crippen LogP contribution in [0.5, 0.6) is 0 Å². The van der Waals surface area contributed by atoms with Crippen LogP contribution in [0.1, 0.15) is 465 Å². The molecule has 5 atom stereocenters. The Balaban J connectivity index is 5.24. The largest absolute Gasteiger partial charge is 0.472 e. The van der Waals surface area contributed by atoms with Gasteiger partial charge < -0.3 is 33.8 Å². The maximum atomic E-state index is 13.1. The zero-order chi connectivity index (χ0) is 76.9. The third kappa shape index (κ3) is 79.9. The summed E-state index contributed by atoms with van der Waals surface area (Å²) in [6.07, 6.45) is 72.1. The number of unbranched alkanes of at least 4 members (excludes halogenated alkanes) is 58. The smallest absolute Gasteiger partial charge is 0.462 e. The third-order valence-electron chi connectivity index (χ3n) is 20.3. The van der Waals surface area contributed by atoms with Crippen LogP contribution in [-0.2, 0) is 65.4 Å². The molecule has 0 radical (unpaired) electrons. The summed E-state index contributed by atoms with van der Waals surface area (Å²) in [5, 5.41) is 10.7. The first-order chi connectivity index (χ1) is 51.0. The molecule has 19 heteroatoms. The van der Waals surface area contributed by atoms with E-state index in [0.717, 1.165) is 95.8 Å². The molecule has 0 aromatic heterocycles. The zero-order valence-corrected chi connectivity index (χ0v) is 70.7. The average molecular weight is 1540 g/mol. The molecule has 3 N–H and O–H groups in total. The van der Waals surface area contributed by atoms with E-state index in [1.165, 1.54) is 289 Å². The molecule has 17 nitrogen and oxygen atoms in total. The molecule has 0 aliphatic carbocycles. The Morgan fingerprint density at radius 2 is 0.438 bits per heavy atom. The minimum absolute atomic E-state index is 0.109. The van der Waals surface area contributed by atoms with Crippen molar-refractivity contribution in [1.29, 1.82) is 0 Å². The molecule has 0 bridgehead atoms. The number of phosphoric acid groups is 2. The van der Waals surface area contributed by atoms with Crippen LogP contribution in [-0.4, -0.2) is 96.7 Å². The first-order valence-corrected chi connectivity index (χ1v) is 47.6. The molecule has 0 fully saturated rings. The number of esters is 4. The fourth-order valence-electron chi connectivity index (χ4n) is 13.5. The van der Waals surface area contributed by atoms with Gasteiger partial charge in [0.25, 0.3) is 0 Å². The van der Waals surface area contributed by atoms with E-state index in [9.17, 15) is 43.2 Å². The number of rotatable bonds is 86. The maximum Gasteiger partial charge on any atom is 0.472 e. The fraction of sp³-hybridized carbons (Fsp3) is 0.953. The van der Waals surface area contributed by atoms with Gasteiger partial charge in [-0.2, -0.15) is 0 Å². The van der Waals surface area contributed by atoms with Crippen LogP contribution in [0.4, 0.5) is 0 Å². The molecule has 0 heterocycles. The molecule has 0 saturated carbocycles. The Hall–Kier alpha value is -1.94. The number of aliphatic hydroxyl groups excluding tert-OH is 1. The molecule has 0 aromatic carbocycles. The molecule has 0 amide bonds. The predicted octanol–water partition coefficient (Wildman–Crippen LogP) is 26.4. The number of aliphatic hydroxyl groups is 1. The first-order valence-electron chi connectivity index (χ1n) is 44.6. The van der Waals surface area contributed by atoms with E-state index >= 15 is 0 Å². The molecule has 0 aliphatic rings. The summed E-state index contributed by atoms with van der Waals surface area (Å²) < 4.78 is 68.9. The number of hydrogen-bond acceptors (Lipinski definition) is 15. The lowest BCUT2D eigenvalue weighted by Crippen LogP contribution is -2.30. The summed E-state index contributed by atoms with van der Waals surface area (Å²) in [5.41, 5.74) is 0. The van der Waals surface area contributed by atoms with Gasteiger partial charge >= 0.3 is 39.5 Å². The molecule has 0 aliphatic heterocycles.